The number of carbonyl (C=O) groups excluding carboxylic acids is 1. The number of benzene rings is 2. The van der Waals surface area contributed by atoms with Gasteiger partial charge in [-0.25, -0.2) is 4.68 Å². The van der Waals surface area contributed by atoms with E-state index in [9.17, 15) is 14.9 Å². The van der Waals surface area contributed by atoms with E-state index in [1.807, 2.05) is 24.3 Å². The van der Waals surface area contributed by atoms with E-state index >= 15 is 0 Å². The van der Waals surface area contributed by atoms with Crippen molar-refractivity contribution in [2.45, 2.75) is 12.1 Å². The fourth-order valence-corrected chi connectivity index (χ4v) is 3.25. The molecule has 1 heterocycles. The second-order valence-electron chi connectivity index (χ2n) is 6.58. The van der Waals surface area contributed by atoms with Gasteiger partial charge in [-0.05, 0) is 54.5 Å². The molecule has 0 aliphatic heterocycles. The molecule has 0 fully saturated rings. The van der Waals surface area contributed by atoms with Crippen LogP contribution in [0.3, 0.4) is 0 Å². The van der Waals surface area contributed by atoms with Gasteiger partial charge in [0.15, 0.2) is 5.78 Å². The maximum absolute atomic E-state index is 12.0. The highest BCUT2D eigenvalue weighted by molar-refractivity contribution is 7.99. The molecule has 32 heavy (non-hydrogen) atoms. The number of ketones is 1. The minimum Gasteiger partial charge on any atom is -0.493 e. The van der Waals surface area contributed by atoms with Crippen molar-refractivity contribution in [2.75, 3.05) is 18.2 Å². The Kier molecular flexibility index (Phi) is 7.76. The van der Waals surface area contributed by atoms with E-state index in [0.717, 1.165) is 11.3 Å². The van der Waals surface area contributed by atoms with Crippen molar-refractivity contribution < 1.29 is 14.5 Å². The van der Waals surface area contributed by atoms with E-state index in [1.54, 1.807) is 31.2 Å². The van der Waals surface area contributed by atoms with E-state index in [2.05, 4.69) is 10.2 Å². The van der Waals surface area contributed by atoms with Gasteiger partial charge in [0, 0.05) is 17.9 Å². The third-order valence-electron chi connectivity index (χ3n) is 4.28. The summed E-state index contributed by atoms with van der Waals surface area (Å²) in [6.45, 7) is 2.27. The molecule has 0 aliphatic carbocycles. The summed E-state index contributed by atoms with van der Waals surface area (Å²) in [4.78, 5) is 22.2. The largest absolute Gasteiger partial charge is 0.493 e. The first kappa shape index (κ1) is 22.8. The number of aromatic nitrogens is 3. The Labute approximate surface area is 188 Å². The van der Waals surface area contributed by atoms with Gasteiger partial charge in [-0.3, -0.25) is 14.9 Å². The minimum atomic E-state index is -0.465. The highest BCUT2D eigenvalue weighted by Crippen LogP contribution is 2.17. The topological polar surface area (TPSA) is 126 Å². The zero-order valence-electron chi connectivity index (χ0n) is 17.2. The molecule has 1 aromatic heterocycles. The lowest BCUT2D eigenvalue weighted by Crippen LogP contribution is -2.12. The van der Waals surface area contributed by atoms with Gasteiger partial charge in [-0.2, -0.15) is 0 Å². The Morgan fingerprint density at radius 2 is 1.69 bits per heavy atom. The number of nitrogen functional groups attached to an aromatic ring is 1. The predicted molar refractivity (Wildman–Crippen MR) is 124 cm³/mol. The number of hydrogen-bond donors (Lipinski definition) is 1. The first-order valence-corrected chi connectivity index (χ1v) is 10.6. The van der Waals surface area contributed by atoms with E-state index in [0.29, 0.717) is 28.9 Å². The van der Waals surface area contributed by atoms with Gasteiger partial charge in [-0.15, -0.1) is 10.2 Å². The molecule has 0 spiro atoms. The maximum atomic E-state index is 12.0. The van der Waals surface area contributed by atoms with E-state index in [-0.39, 0.29) is 11.5 Å². The van der Waals surface area contributed by atoms with Gasteiger partial charge < -0.3 is 10.6 Å². The van der Waals surface area contributed by atoms with Crippen LogP contribution in [0.25, 0.3) is 12.2 Å². The molecular weight excluding hydrogens is 430 g/mol. The Morgan fingerprint density at radius 3 is 2.22 bits per heavy atom. The van der Waals surface area contributed by atoms with Crippen molar-refractivity contribution in [3.63, 3.8) is 0 Å². The molecule has 3 rings (SSSR count). The fraction of sp³-hybridized carbons (Fsp3) is 0.136. The molecule has 0 saturated heterocycles. The van der Waals surface area contributed by atoms with Crippen molar-refractivity contribution in [1.82, 2.24) is 14.9 Å². The first-order chi connectivity index (χ1) is 15.4. The number of rotatable bonds is 10. The average molecular weight is 452 g/mol. The summed E-state index contributed by atoms with van der Waals surface area (Å²) < 4.78 is 7.14. The van der Waals surface area contributed by atoms with Crippen LogP contribution in [-0.4, -0.2) is 37.9 Å². The monoisotopic (exact) mass is 451 g/mol. The van der Waals surface area contributed by atoms with Gasteiger partial charge in [0.05, 0.1) is 11.5 Å². The molecule has 0 unspecified atom stereocenters. The Morgan fingerprint density at radius 1 is 1.09 bits per heavy atom. The summed E-state index contributed by atoms with van der Waals surface area (Å²) >= 11 is 1.46. The summed E-state index contributed by atoms with van der Waals surface area (Å²) in [6, 6.07) is 13.3. The standard InChI is InChI=1S/C22H21N5O4S/c1-16-24-25-22(26(16)23)32-15-14-31-21-12-6-18(7-13-21)5-11-20(28)10-4-17-2-8-19(9-3-17)27(29)30/h2-13H,14-15,23H2,1H3. The van der Waals surface area contributed by atoms with Crippen LogP contribution in [0, 0.1) is 17.0 Å². The number of non-ortho nitro benzene ring substituents is 1. The molecule has 0 bridgehead atoms. The number of nitrogens with two attached hydrogens (primary N) is 1. The van der Waals surface area contributed by atoms with Gasteiger partial charge >= 0.3 is 0 Å². The predicted octanol–water partition coefficient (Wildman–Crippen LogP) is 3.68. The Hall–Kier alpha value is -3.92. The van der Waals surface area contributed by atoms with Crippen LogP contribution in [0.2, 0.25) is 0 Å². The fourth-order valence-electron chi connectivity index (χ4n) is 2.54. The van der Waals surface area contributed by atoms with Crippen LogP contribution >= 0.6 is 11.8 Å². The molecule has 2 N–H and O–H groups in total. The summed E-state index contributed by atoms with van der Waals surface area (Å²) in [5.41, 5.74) is 1.57. The van der Waals surface area contributed by atoms with E-state index < -0.39 is 4.92 Å². The molecule has 10 heteroatoms. The van der Waals surface area contributed by atoms with Crippen LogP contribution in [-0.2, 0) is 4.79 Å². The second kappa shape index (κ2) is 10.9. The van der Waals surface area contributed by atoms with Crippen molar-refractivity contribution >= 4 is 35.4 Å². The zero-order chi connectivity index (χ0) is 22.9. The van der Waals surface area contributed by atoms with E-state index in [4.69, 9.17) is 10.6 Å². The number of allylic oxidation sites excluding steroid dienone is 2. The van der Waals surface area contributed by atoms with Crippen molar-refractivity contribution in [3.05, 3.63) is 87.7 Å². The Bertz CT molecular complexity index is 1140. The zero-order valence-corrected chi connectivity index (χ0v) is 18.1. The lowest BCUT2D eigenvalue weighted by atomic mass is 10.1. The molecule has 164 valence electrons. The normalized spacial score (nSPS) is 11.3. The third-order valence-corrected chi connectivity index (χ3v) is 5.19. The summed E-state index contributed by atoms with van der Waals surface area (Å²) in [6.07, 6.45) is 6.19. The summed E-state index contributed by atoms with van der Waals surface area (Å²) in [7, 11) is 0. The molecule has 0 radical (unpaired) electrons. The van der Waals surface area contributed by atoms with Gasteiger partial charge in [0.25, 0.3) is 5.69 Å². The number of nitro benzene ring substituents is 1. The van der Waals surface area contributed by atoms with Gasteiger partial charge in [-0.1, -0.05) is 36.0 Å². The third kappa shape index (κ3) is 6.54. The maximum Gasteiger partial charge on any atom is 0.269 e. The molecule has 0 atom stereocenters. The second-order valence-corrected chi connectivity index (χ2v) is 7.65. The first-order valence-electron chi connectivity index (χ1n) is 9.60. The van der Waals surface area contributed by atoms with Crippen LogP contribution in [0.5, 0.6) is 5.75 Å². The SMILES string of the molecule is Cc1nnc(SCCOc2ccc(C=CC(=O)C=Cc3ccc([N+](=O)[O-])cc3)cc2)n1N. The van der Waals surface area contributed by atoms with Crippen LogP contribution in [0.1, 0.15) is 17.0 Å². The number of carbonyl (C=O) groups is 1. The number of hydrogen-bond acceptors (Lipinski definition) is 8. The number of thioether (sulfide) groups is 1. The lowest BCUT2D eigenvalue weighted by Gasteiger charge is -2.06. The summed E-state index contributed by atoms with van der Waals surface area (Å²) in [5, 5.41) is 19.2. The lowest BCUT2D eigenvalue weighted by molar-refractivity contribution is -0.384. The van der Waals surface area contributed by atoms with Crippen molar-refractivity contribution in [2.24, 2.45) is 0 Å². The van der Waals surface area contributed by atoms with Crippen molar-refractivity contribution in [1.29, 1.82) is 0 Å². The molecule has 2 aromatic carbocycles. The minimum absolute atomic E-state index is 0.00894. The molecule has 9 nitrogen and oxygen atoms in total. The summed E-state index contributed by atoms with van der Waals surface area (Å²) in [5.74, 6) is 7.65. The quantitative estimate of drug-likeness (QED) is 0.124. The highest BCUT2D eigenvalue weighted by atomic mass is 32.2. The Balaban J connectivity index is 1.44. The number of aryl methyl sites for hydroxylation is 1. The number of ether oxygens (including phenoxy) is 1. The molecule has 0 saturated carbocycles. The molecule has 0 amide bonds. The van der Waals surface area contributed by atoms with Gasteiger partial charge in [0.2, 0.25) is 5.16 Å². The van der Waals surface area contributed by atoms with E-state index in [1.165, 1.54) is 40.7 Å². The molecule has 0 aliphatic rings. The van der Waals surface area contributed by atoms with Crippen LogP contribution < -0.4 is 10.6 Å². The number of nitro groups is 1. The molecular formula is C22H21N5O4S. The number of nitrogens with zero attached hydrogens (tertiary/aromatic N) is 4. The van der Waals surface area contributed by atoms with Crippen molar-refractivity contribution in [3.8, 4) is 5.75 Å². The van der Waals surface area contributed by atoms with Crippen LogP contribution in [0.4, 0.5) is 5.69 Å². The van der Waals surface area contributed by atoms with Crippen LogP contribution in [0.15, 0.2) is 65.8 Å². The smallest absolute Gasteiger partial charge is 0.269 e. The van der Waals surface area contributed by atoms with Gasteiger partial charge in [0.1, 0.15) is 11.6 Å². The average Bonchev–Trinajstić information content (AvgIpc) is 3.12. The molecule has 3 aromatic rings. The highest BCUT2D eigenvalue weighted by Gasteiger charge is 2.06.